The standard InChI is InChI=1S/C19H24N4O3.ClH/c1-13(2)21-19(25)23-16-5-3-14(4-6-16)18(24)22-15-7-9-17(10-8-15)26-12-11-20;/h3-10,13H,11-12,20H2,1-2H3,(H,22,24)(H2,21,23,25);1H. The average Bonchev–Trinajstić information content (AvgIpc) is 2.61. The highest BCUT2D eigenvalue weighted by atomic mass is 35.5. The van der Waals surface area contributed by atoms with Gasteiger partial charge in [0.05, 0.1) is 0 Å². The number of carbonyl (C=O) groups is 2. The Hall–Kier alpha value is -2.77. The molecule has 146 valence electrons. The molecule has 0 fully saturated rings. The summed E-state index contributed by atoms with van der Waals surface area (Å²) in [7, 11) is 0. The van der Waals surface area contributed by atoms with E-state index in [9.17, 15) is 9.59 Å². The van der Waals surface area contributed by atoms with Crippen LogP contribution < -0.4 is 26.4 Å². The van der Waals surface area contributed by atoms with Crippen LogP contribution in [-0.4, -0.2) is 31.1 Å². The minimum absolute atomic E-state index is 0. The van der Waals surface area contributed by atoms with E-state index >= 15 is 0 Å². The van der Waals surface area contributed by atoms with Gasteiger partial charge in [-0.1, -0.05) is 0 Å². The summed E-state index contributed by atoms with van der Waals surface area (Å²) in [5.41, 5.74) is 7.15. The minimum Gasteiger partial charge on any atom is -0.492 e. The summed E-state index contributed by atoms with van der Waals surface area (Å²) >= 11 is 0. The van der Waals surface area contributed by atoms with Crippen molar-refractivity contribution in [3.63, 3.8) is 0 Å². The largest absolute Gasteiger partial charge is 0.492 e. The Kier molecular flexibility index (Phi) is 9.12. The number of nitrogens with one attached hydrogen (secondary N) is 3. The summed E-state index contributed by atoms with van der Waals surface area (Å²) in [5, 5.41) is 8.25. The maximum absolute atomic E-state index is 12.3. The lowest BCUT2D eigenvalue weighted by molar-refractivity contribution is 0.102. The molecule has 2 rings (SSSR count). The zero-order chi connectivity index (χ0) is 18.9. The molecule has 0 bridgehead atoms. The van der Waals surface area contributed by atoms with E-state index in [1.165, 1.54) is 0 Å². The fourth-order valence-corrected chi connectivity index (χ4v) is 2.15. The van der Waals surface area contributed by atoms with Gasteiger partial charge in [0.1, 0.15) is 12.4 Å². The Labute approximate surface area is 165 Å². The molecule has 0 saturated heterocycles. The van der Waals surface area contributed by atoms with Gasteiger partial charge in [-0.05, 0) is 62.4 Å². The molecule has 0 heterocycles. The van der Waals surface area contributed by atoms with Crippen molar-refractivity contribution in [3.05, 3.63) is 54.1 Å². The molecule has 0 aliphatic heterocycles. The highest BCUT2D eigenvalue weighted by molar-refractivity contribution is 6.04. The second-order valence-corrected chi connectivity index (χ2v) is 5.95. The smallest absolute Gasteiger partial charge is 0.319 e. The van der Waals surface area contributed by atoms with Crippen LogP contribution in [0, 0.1) is 0 Å². The zero-order valence-corrected chi connectivity index (χ0v) is 16.1. The normalized spacial score (nSPS) is 9.93. The quantitative estimate of drug-likeness (QED) is 0.580. The van der Waals surface area contributed by atoms with Crippen LogP contribution in [0.25, 0.3) is 0 Å². The summed E-state index contributed by atoms with van der Waals surface area (Å²) < 4.78 is 5.39. The van der Waals surface area contributed by atoms with Crippen LogP contribution >= 0.6 is 12.4 Å². The van der Waals surface area contributed by atoms with E-state index in [0.29, 0.717) is 35.8 Å². The molecule has 0 spiro atoms. The monoisotopic (exact) mass is 392 g/mol. The van der Waals surface area contributed by atoms with E-state index in [1.807, 2.05) is 13.8 Å². The van der Waals surface area contributed by atoms with Crippen molar-refractivity contribution >= 4 is 35.7 Å². The van der Waals surface area contributed by atoms with Gasteiger partial charge in [-0.2, -0.15) is 0 Å². The second-order valence-electron chi connectivity index (χ2n) is 5.95. The highest BCUT2D eigenvalue weighted by Gasteiger charge is 2.08. The molecule has 0 aliphatic rings. The molecule has 0 saturated carbocycles. The summed E-state index contributed by atoms with van der Waals surface area (Å²) in [6, 6.07) is 13.5. The molecule has 8 heteroatoms. The third-order valence-electron chi connectivity index (χ3n) is 3.32. The number of anilines is 2. The number of carbonyl (C=O) groups excluding carboxylic acids is 2. The first-order valence-corrected chi connectivity index (χ1v) is 8.40. The number of halogens is 1. The number of hydrogen-bond donors (Lipinski definition) is 4. The molecule has 0 atom stereocenters. The van der Waals surface area contributed by atoms with Crippen LogP contribution in [0.3, 0.4) is 0 Å². The molecule has 3 amide bonds. The number of nitrogens with two attached hydrogens (primary N) is 1. The van der Waals surface area contributed by atoms with Gasteiger partial charge in [-0.25, -0.2) is 4.79 Å². The lowest BCUT2D eigenvalue weighted by Gasteiger charge is -2.11. The fraction of sp³-hybridized carbons (Fsp3) is 0.263. The van der Waals surface area contributed by atoms with Crippen molar-refractivity contribution in [2.24, 2.45) is 5.73 Å². The van der Waals surface area contributed by atoms with E-state index in [0.717, 1.165) is 0 Å². The summed E-state index contributed by atoms with van der Waals surface area (Å²) in [4.78, 5) is 23.9. The Morgan fingerprint density at radius 2 is 1.52 bits per heavy atom. The van der Waals surface area contributed by atoms with Crippen molar-refractivity contribution in [3.8, 4) is 5.75 Å². The molecule has 0 unspecified atom stereocenters. The Morgan fingerprint density at radius 1 is 0.963 bits per heavy atom. The van der Waals surface area contributed by atoms with Gasteiger partial charge in [0.25, 0.3) is 5.91 Å². The van der Waals surface area contributed by atoms with Gasteiger partial charge in [0.2, 0.25) is 0 Å². The Bertz CT molecular complexity index is 734. The molecular formula is C19H25ClN4O3. The van der Waals surface area contributed by atoms with Crippen molar-refractivity contribution in [2.75, 3.05) is 23.8 Å². The SMILES string of the molecule is CC(C)NC(=O)Nc1ccc(C(=O)Nc2ccc(OCCN)cc2)cc1.Cl. The molecule has 0 aliphatic carbocycles. The molecule has 27 heavy (non-hydrogen) atoms. The third-order valence-corrected chi connectivity index (χ3v) is 3.32. The first-order valence-electron chi connectivity index (χ1n) is 8.40. The highest BCUT2D eigenvalue weighted by Crippen LogP contribution is 2.17. The van der Waals surface area contributed by atoms with Gasteiger partial charge in [-0.15, -0.1) is 12.4 Å². The number of amides is 3. The molecule has 0 aromatic heterocycles. The maximum Gasteiger partial charge on any atom is 0.319 e. The van der Waals surface area contributed by atoms with Crippen molar-refractivity contribution < 1.29 is 14.3 Å². The molecule has 2 aromatic carbocycles. The first-order chi connectivity index (χ1) is 12.5. The van der Waals surface area contributed by atoms with Crippen LogP contribution in [0.4, 0.5) is 16.2 Å². The molecular weight excluding hydrogens is 368 g/mol. The zero-order valence-electron chi connectivity index (χ0n) is 15.3. The fourth-order valence-electron chi connectivity index (χ4n) is 2.15. The summed E-state index contributed by atoms with van der Waals surface area (Å²) in [6.07, 6.45) is 0. The van der Waals surface area contributed by atoms with Crippen molar-refractivity contribution in [1.82, 2.24) is 5.32 Å². The molecule has 2 aromatic rings. The lowest BCUT2D eigenvalue weighted by atomic mass is 10.2. The summed E-state index contributed by atoms with van der Waals surface area (Å²) in [5.74, 6) is 0.461. The van der Waals surface area contributed by atoms with E-state index in [-0.39, 0.29) is 30.4 Å². The van der Waals surface area contributed by atoms with Crippen LogP contribution in [0.1, 0.15) is 24.2 Å². The Morgan fingerprint density at radius 3 is 2.07 bits per heavy atom. The van der Waals surface area contributed by atoms with Gasteiger partial charge in [0.15, 0.2) is 0 Å². The van der Waals surface area contributed by atoms with E-state index < -0.39 is 0 Å². The number of rotatable bonds is 7. The number of hydrogen-bond acceptors (Lipinski definition) is 4. The molecule has 0 radical (unpaired) electrons. The van der Waals surface area contributed by atoms with Gasteiger partial charge < -0.3 is 26.4 Å². The minimum atomic E-state index is -0.283. The van der Waals surface area contributed by atoms with Gasteiger partial charge in [-0.3, -0.25) is 4.79 Å². The predicted molar refractivity (Wildman–Crippen MR) is 110 cm³/mol. The van der Waals surface area contributed by atoms with E-state index in [1.54, 1.807) is 48.5 Å². The van der Waals surface area contributed by atoms with E-state index in [4.69, 9.17) is 10.5 Å². The number of urea groups is 1. The molecule has 5 N–H and O–H groups in total. The topological polar surface area (TPSA) is 105 Å². The first kappa shape index (κ1) is 22.3. The second kappa shape index (κ2) is 11.1. The van der Waals surface area contributed by atoms with Crippen LogP contribution in [0.15, 0.2) is 48.5 Å². The Balaban J connectivity index is 0.00000364. The van der Waals surface area contributed by atoms with Gasteiger partial charge in [0, 0.05) is 29.5 Å². The molecule has 7 nitrogen and oxygen atoms in total. The van der Waals surface area contributed by atoms with Crippen molar-refractivity contribution in [1.29, 1.82) is 0 Å². The van der Waals surface area contributed by atoms with Crippen molar-refractivity contribution in [2.45, 2.75) is 19.9 Å². The van der Waals surface area contributed by atoms with Crippen LogP contribution in [0.2, 0.25) is 0 Å². The van der Waals surface area contributed by atoms with E-state index in [2.05, 4.69) is 16.0 Å². The third kappa shape index (κ3) is 7.55. The number of ether oxygens (including phenoxy) is 1. The summed E-state index contributed by atoms with van der Waals surface area (Å²) in [6.45, 7) is 4.65. The maximum atomic E-state index is 12.3. The lowest BCUT2D eigenvalue weighted by Crippen LogP contribution is -2.34. The predicted octanol–water partition coefficient (Wildman–Crippen LogP) is 3.23. The van der Waals surface area contributed by atoms with Crippen LogP contribution in [0.5, 0.6) is 5.75 Å². The van der Waals surface area contributed by atoms with Gasteiger partial charge >= 0.3 is 6.03 Å². The van der Waals surface area contributed by atoms with Crippen LogP contribution in [-0.2, 0) is 0 Å². The number of benzene rings is 2. The average molecular weight is 393 g/mol.